The number of halogens is 1. The number of benzene rings is 1. The molecule has 1 heterocycles. The number of rotatable bonds is 4. The number of carbonyl (C=O) groups is 1. The summed E-state index contributed by atoms with van der Waals surface area (Å²) in [5.74, 6) is 0.831. The molecule has 0 atom stereocenters. The van der Waals surface area contributed by atoms with Crippen molar-refractivity contribution in [3.8, 4) is 0 Å². The second-order valence-corrected chi connectivity index (χ2v) is 5.76. The zero-order chi connectivity index (χ0) is 13.0. The first-order valence-corrected chi connectivity index (χ1v) is 7.28. The summed E-state index contributed by atoms with van der Waals surface area (Å²) in [7, 11) is 0. The molecule has 18 heavy (non-hydrogen) atoms. The molecule has 0 bridgehead atoms. The lowest BCUT2D eigenvalue weighted by molar-refractivity contribution is 0.101. The van der Waals surface area contributed by atoms with Crippen LogP contribution >= 0.6 is 27.7 Å². The van der Waals surface area contributed by atoms with E-state index in [4.69, 9.17) is 0 Å². The van der Waals surface area contributed by atoms with Gasteiger partial charge in [-0.3, -0.25) is 9.78 Å². The summed E-state index contributed by atoms with van der Waals surface area (Å²) in [5, 5.41) is 0. The first-order valence-electron chi connectivity index (χ1n) is 5.50. The number of Topliss-reactive ketones (excluding diaryl/α,β-unsaturated/α-hetero) is 1. The zero-order valence-corrected chi connectivity index (χ0v) is 12.3. The van der Waals surface area contributed by atoms with Crippen LogP contribution in [0.15, 0.2) is 52.0 Å². The second kappa shape index (κ2) is 6.16. The van der Waals surface area contributed by atoms with Gasteiger partial charge in [0.05, 0.1) is 0 Å². The fourth-order valence-electron chi connectivity index (χ4n) is 1.53. The zero-order valence-electron chi connectivity index (χ0n) is 9.89. The lowest BCUT2D eigenvalue weighted by Crippen LogP contribution is -1.99. The number of hydrogen-bond donors (Lipinski definition) is 0. The second-order valence-electron chi connectivity index (χ2n) is 3.83. The van der Waals surface area contributed by atoms with Gasteiger partial charge in [-0.25, -0.2) is 0 Å². The minimum atomic E-state index is -0.00179. The smallest absolute Gasteiger partial charge is 0.179 e. The first-order chi connectivity index (χ1) is 8.66. The van der Waals surface area contributed by atoms with E-state index in [-0.39, 0.29) is 5.78 Å². The minimum Gasteiger partial charge on any atom is -0.293 e. The van der Waals surface area contributed by atoms with Crippen molar-refractivity contribution in [2.45, 2.75) is 17.6 Å². The average molecular weight is 322 g/mol. The van der Waals surface area contributed by atoms with E-state index in [2.05, 4.69) is 33.0 Å². The van der Waals surface area contributed by atoms with Crippen LogP contribution in [0.1, 0.15) is 23.0 Å². The van der Waals surface area contributed by atoms with Crippen LogP contribution in [0.3, 0.4) is 0 Å². The van der Waals surface area contributed by atoms with E-state index in [1.54, 1.807) is 24.9 Å². The van der Waals surface area contributed by atoms with Gasteiger partial charge in [-0.2, -0.15) is 0 Å². The molecule has 4 heteroatoms. The Morgan fingerprint density at radius 1 is 1.33 bits per heavy atom. The highest BCUT2D eigenvalue weighted by atomic mass is 79.9. The third kappa shape index (κ3) is 3.43. The monoisotopic (exact) mass is 321 g/mol. The molecular formula is C14H12BrNOS. The Labute approximate surface area is 119 Å². The van der Waals surface area contributed by atoms with Crippen molar-refractivity contribution in [3.05, 3.63) is 58.3 Å². The maximum atomic E-state index is 11.5. The van der Waals surface area contributed by atoms with E-state index in [1.165, 1.54) is 5.56 Å². The summed E-state index contributed by atoms with van der Waals surface area (Å²) in [6.07, 6.45) is 1.66. The fourth-order valence-corrected chi connectivity index (χ4v) is 3.07. The molecule has 2 aromatic rings. The van der Waals surface area contributed by atoms with Crippen molar-refractivity contribution in [2.75, 3.05) is 0 Å². The maximum Gasteiger partial charge on any atom is 0.179 e. The molecular weight excluding hydrogens is 310 g/mol. The third-order valence-electron chi connectivity index (χ3n) is 2.39. The van der Waals surface area contributed by atoms with Crippen molar-refractivity contribution < 1.29 is 4.79 Å². The van der Waals surface area contributed by atoms with E-state index < -0.39 is 0 Å². The lowest BCUT2D eigenvalue weighted by atomic mass is 10.2. The highest BCUT2D eigenvalue weighted by molar-refractivity contribution is 9.10. The fraction of sp³-hybridized carbons (Fsp3) is 0.143. The SMILES string of the molecule is CC(=O)c1ncc(Br)cc1SCc1ccccc1. The molecule has 0 aliphatic rings. The number of ketones is 1. The molecule has 0 aliphatic carbocycles. The molecule has 0 amide bonds. The van der Waals surface area contributed by atoms with Crippen molar-refractivity contribution in [3.63, 3.8) is 0 Å². The van der Waals surface area contributed by atoms with E-state index in [0.717, 1.165) is 15.1 Å². The molecule has 0 spiro atoms. The van der Waals surface area contributed by atoms with Crippen LogP contribution in [0.25, 0.3) is 0 Å². The molecule has 2 nitrogen and oxygen atoms in total. The minimum absolute atomic E-state index is 0.00179. The van der Waals surface area contributed by atoms with Gasteiger partial charge in [0.25, 0.3) is 0 Å². The molecule has 0 saturated carbocycles. The highest BCUT2D eigenvalue weighted by Gasteiger charge is 2.10. The van der Waals surface area contributed by atoms with Gasteiger partial charge in [-0.15, -0.1) is 11.8 Å². The Morgan fingerprint density at radius 2 is 2.06 bits per heavy atom. The van der Waals surface area contributed by atoms with Gasteiger partial charge in [0.2, 0.25) is 0 Å². The highest BCUT2D eigenvalue weighted by Crippen LogP contribution is 2.28. The molecule has 0 aliphatic heterocycles. The van der Waals surface area contributed by atoms with Crippen LogP contribution in [-0.4, -0.2) is 10.8 Å². The van der Waals surface area contributed by atoms with Crippen LogP contribution in [0, 0.1) is 0 Å². The summed E-state index contributed by atoms with van der Waals surface area (Å²) in [4.78, 5) is 16.6. The summed E-state index contributed by atoms with van der Waals surface area (Å²) >= 11 is 5.01. The largest absolute Gasteiger partial charge is 0.293 e. The number of aromatic nitrogens is 1. The summed E-state index contributed by atoms with van der Waals surface area (Å²) in [5.41, 5.74) is 1.77. The summed E-state index contributed by atoms with van der Waals surface area (Å²) in [6, 6.07) is 12.1. The Bertz CT molecular complexity index is 557. The standard InChI is InChI=1S/C14H12BrNOS/c1-10(17)14-13(7-12(15)8-16-14)18-9-11-5-3-2-4-6-11/h2-8H,9H2,1H3. The van der Waals surface area contributed by atoms with Crippen molar-refractivity contribution in [1.29, 1.82) is 0 Å². The molecule has 1 aromatic carbocycles. The third-order valence-corrected chi connectivity index (χ3v) is 3.92. The van der Waals surface area contributed by atoms with Crippen LogP contribution in [0.5, 0.6) is 0 Å². The molecule has 0 unspecified atom stereocenters. The van der Waals surface area contributed by atoms with Gasteiger partial charge in [0.1, 0.15) is 5.69 Å². The predicted molar refractivity (Wildman–Crippen MR) is 77.9 cm³/mol. The topological polar surface area (TPSA) is 30.0 Å². The number of carbonyl (C=O) groups excluding carboxylic acids is 1. The molecule has 0 radical (unpaired) electrons. The van der Waals surface area contributed by atoms with Crippen LogP contribution in [0.2, 0.25) is 0 Å². The normalized spacial score (nSPS) is 10.3. The van der Waals surface area contributed by atoms with E-state index in [9.17, 15) is 4.79 Å². The average Bonchev–Trinajstić information content (AvgIpc) is 2.37. The van der Waals surface area contributed by atoms with Crippen LogP contribution in [-0.2, 0) is 5.75 Å². The van der Waals surface area contributed by atoms with Gasteiger partial charge in [-0.1, -0.05) is 30.3 Å². The van der Waals surface area contributed by atoms with E-state index in [1.807, 2.05) is 24.3 Å². The van der Waals surface area contributed by atoms with E-state index >= 15 is 0 Å². The maximum absolute atomic E-state index is 11.5. The molecule has 0 saturated heterocycles. The number of pyridine rings is 1. The molecule has 92 valence electrons. The van der Waals surface area contributed by atoms with Crippen molar-refractivity contribution in [2.24, 2.45) is 0 Å². The quantitative estimate of drug-likeness (QED) is 0.619. The first kappa shape index (κ1) is 13.3. The Morgan fingerprint density at radius 3 is 2.72 bits per heavy atom. The Kier molecular flexibility index (Phi) is 4.55. The van der Waals surface area contributed by atoms with E-state index in [0.29, 0.717) is 5.69 Å². The summed E-state index contributed by atoms with van der Waals surface area (Å²) in [6.45, 7) is 1.54. The molecule has 0 N–H and O–H groups in total. The van der Waals surface area contributed by atoms with Crippen molar-refractivity contribution >= 4 is 33.5 Å². The van der Waals surface area contributed by atoms with Gasteiger partial charge in [-0.05, 0) is 27.6 Å². The van der Waals surface area contributed by atoms with Gasteiger partial charge >= 0.3 is 0 Å². The van der Waals surface area contributed by atoms with Gasteiger partial charge in [0.15, 0.2) is 5.78 Å². The Hall–Kier alpha value is -1.13. The Balaban J connectivity index is 2.18. The number of thioether (sulfide) groups is 1. The van der Waals surface area contributed by atoms with Crippen molar-refractivity contribution in [1.82, 2.24) is 4.98 Å². The number of nitrogens with zero attached hydrogens (tertiary/aromatic N) is 1. The van der Waals surface area contributed by atoms with Gasteiger partial charge in [0, 0.05) is 28.2 Å². The van der Waals surface area contributed by atoms with Gasteiger partial charge < -0.3 is 0 Å². The van der Waals surface area contributed by atoms with Crippen LogP contribution < -0.4 is 0 Å². The molecule has 0 fully saturated rings. The summed E-state index contributed by atoms with van der Waals surface area (Å²) < 4.78 is 0.892. The lowest BCUT2D eigenvalue weighted by Gasteiger charge is -2.06. The molecule has 2 rings (SSSR count). The molecule has 1 aromatic heterocycles. The predicted octanol–water partition coefficient (Wildman–Crippen LogP) is 4.34. The van der Waals surface area contributed by atoms with Crippen LogP contribution in [0.4, 0.5) is 0 Å². The number of hydrogen-bond acceptors (Lipinski definition) is 3.